The van der Waals surface area contributed by atoms with Crippen LogP contribution in [0.25, 0.3) is 0 Å². The molecule has 2 aromatic carbocycles. The fourth-order valence-electron chi connectivity index (χ4n) is 3.40. The van der Waals surface area contributed by atoms with Gasteiger partial charge in [0, 0.05) is 17.6 Å². The second kappa shape index (κ2) is 6.67. The Morgan fingerprint density at radius 1 is 1.30 bits per heavy atom. The molecule has 1 heterocycles. The van der Waals surface area contributed by atoms with Crippen LogP contribution in [0.4, 0.5) is 10.1 Å². The van der Waals surface area contributed by atoms with Crippen molar-refractivity contribution in [3.8, 4) is 5.75 Å². The first kappa shape index (κ1) is 18.3. The highest BCUT2D eigenvalue weighted by Gasteiger charge is 2.56. The van der Waals surface area contributed by atoms with Crippen molar-refractivity contribution in [3.05, 3.63) is 69.5 Å². The fourth-order valence-corrected chi connectivity index (χ4v) is 3.40. The second-order valence-corrected chi connectivity index (χ2v) is 5.90. The summed E-state index contributed by atoms with van der Waals surface area (Å²) in [5, 5.41) is 23.4. The zero-order valence-electron chi connectivity index (χ0n) is 14.0. The van der Waals surface area contributed by atoms with E-state index in [-0.39, 0.29) is 11.3 Å². The van der Waals surface area contributed by atoms with Crippen LogP contribution < -0.4 is 9.84 Å². The molecule has 1 saturated heterocycles. The van der Waals surface area contributed by atoms with Crippen molar-refractivity contribution in [1.82, 2.24) is 0 Å². The van der Waals surface area contributed by atoms with Crippen LogP contribution in [-0.2, 0) is 19.9 Å². The van der Waals surface area contributed by atoms with E-state index < -0.39 is 51.9 Å². The number of cyclic esters (lactones) is 1. The Morgan fingerprint density at radius 2 is 2.00 bits per heavy atom. The van der Waals surface area contributed by atoms with E-state index in [1.807, 2.05) is 0 Å². The topological polar surface area (TPSA) is 119 Å². The third-order valence-electron chi connectivity index (χ3n) is 4.48. The van der Waals surface area contributed by atoms with Gasteiger partial charge in [-0.2, -0.15) is 0 Å². The summed E-state index contributed by atoms with van der Waals surface area (Å²) in [5.74, 6) is -4.93. The average molecular weight is 374 g/mol. The Kier molecular flexibility index (Phi) is 4.52. The summed E-state index contributed by atoms with van der Waals surface area (Å²) in [6.45, 7) is 0. The first-order valence-electron chi connectivity index (χ1n) is 7.82. The quantitative estimate of drug-likeness (QED) is 0.439. The summed E-state index contributed by atoms with van der Waals surface area (Å²) in [6, 6.07) is 8.52. The van der Waals surface area contributed by atoms with Crippen LogP contribution in [0, 0.1) is 21.8 Å². The summed E-state index contributed by atoms with van der Waals surface area (Å²) in [7, 11) is 1.30. The van der Waals surface area contributed by atoms with E-state index in [9.17, 15) is 29.2 Å². The summed E-state index contributed by atoms with van der Waals surface area (Å²) in [4.78, 5) is 34.6. The summed E-state index contributed by atoms with van der Waals surface area (Å²) >= 11 is 0. The molecule has 0 saturated carbocycles. The molecule has 2 unspecified atom stereocenters. The number of aliphatic carboxylic acids is 1. The number of benzene rings is 2. The molecule has 0 spiro atoms. The minimum atomic E-state index is -2.17. The Balaban J connectivity index is 2.44. The summed E-state index contributed by atoms with van der Waals surface area (Å²) in [6.07, 6.45) is -0.589. The highest BCUT2D eigenvalue weighted by Crippen LogP contribution is 2.52. The van der Waals surface area contributed by atoms with Crippen LogP contribution in [0.1, 0.15) is 17.5 Å². The molecule has 3 rings (SSSR count). The van der Waals surface area contributed by atoms with Gasteiger partial charge in [-0.25, -0.2) is 4.39 Å². The Bertz CT molecular complexity index is 945. The predicted molar refractivity (Wildman–Crippen MR) is 86.0 cm³/mol. The maximum atomic E-state index is 14.0. The van der Waals surface area contributed by atoms with Crippen LogP contribution >= 0.6 is 0 Å². The van der Waals surface area contributed by atoms with Gasteiger partial charge in [0.2, 0.25) is 0 Å². The number of esters is 1. The molecule has 0 bridgehead atoms. The molecule has 8 nitrogen and oxygen atoms in total. The lowest BCUT2D eigenvalue weighted by Crippen LogP contribution is -2.45. The molecule has 2 atom stereocenters. The van der Waals surface area contributed by atoms with E-state index >= 15 is 0 Å². The molecule has 1 fully saturated rings. The highest BCUT2D eigenvalue weighted by atomic mass is 19.1. The number of hydrogen-bond donors (Lipinski definition) is 0. The number of methoxy groups -OCH3 is 1. The van der Waals surface area contributed by atoms with Crippen molar-refractivity contribution in [1.29, 1.82) is 0 Å². The average Bonchev–Trinajstić information content (AvgIpc) is 3.00. The van der Waals surface area contributed by atoms with Crippen LogP contribution in [-0.4, -0.2) is 24.0 Å². The third kappa shape index (κ3) is 2.86. The van der Waals surface area contributed by atoms with Crippen LogP contribution in [0.15, 0.2) is 42.5 Å². The standard InChI is InChI=1S/C18H14FNO7/c1-26-15-5-3-2-4-11(15)18(13(17(22)23)9-16(21)27-18)12-8-10(19)6-7-14(12)20(24)25/h2-8,13H,9H2,1H3,(H,22,23)/p-1. The van der Waals surface area contributed by atoms with Crippen molar-refractivity contribution in [2.45, 2.75) is 12.0 Å². The molecular formula is C18H13FNO7-. The SMILES string of the molecule is COc1ccccc1C1(c2cc(F)ccc2[N+](=O)[O-])OC(=O)CC1C(=O)[O-]. The maximum Gasteiger partial charge on any atom is 0.307 e. The smallest absolute Gasteiger partial charge is 0.307 e. The largest absolute Gasteiger partial charge is 0.550 e. The van der Waals surface area contributed by atoms with E-state index in [1.165, 1.54) is 25.3 Å². The fraction of sp³-hybridized carbons (Fsp3) is 0.222. The van der Waals surface area contributed by atoms with E-state index in [0.29, 0.717) is 0 Å². The minimum Gasteiger partial charge on any atom is -0.550 e. The molecule has 140 valence electrons. The molecule has 0 amide bonds. The van der Waals surface area contributed by atoms with Gasteiger partial charge in [0.1, 0.15) is 11.6 Å². The van der Waals surface area contributed by atoms with Gasteiger partial charge in [-0.05, 0) is 18.2 Å². The molecule has 0 radical (unpaired) electrons. The van der Waals surface area contributed by atoms with Gasteiger partial charge < -0.3 is 19.4 Å². The number of carboxylic acid groups (broad SMARTS) is 1. The number of hydrogen-bond acceptors (Lipinski definition) is 7. The van der Waals surface area contributed by atoms with Crippen molar-refractivity contribution < 1.29 is 33.5 Å². The van der Waals surface area contributed by atoms with Gasteiger partial charge in [-0.3, -0.25) is 14.9 Å². The second-order valence-electron chi connectivity index (χ2n) is 5.90. The van der Waals surface area contributed by atoms with Crippen molar-refractivity contribution >= 4 is 17.6 Å². The van der Waals surface area contributed by atoms with Crippen molar-refractivity contribution in [3.63, 3.8) is 0 Å². The number of rotatable bonds is 5. The summed E-state index contributed by atoms with van der Waals surface area (Å²) < 4.78 is 24.6. The van der Waals surface area contributed by atoms with Crippen molar-refractivity contribution in [2.75, 3.05) is 7.11 Å². The van der Waals surface area contributed by atoms with Gasteiger partial charge in [-0.15, -0.1) is 0 Å². The van der Waals surface area contributed by atoms with E-state index in [2.05, 4.69) is 0 Å². The molecule has 2 aromatic rings. The lowest BCUT2D eigenvalue weighted by Gasteiger charge is -2.35. The first-order valence-corrected chi connectivity index (χ1v) is 7.82. The summed E-state index contributed by atoms with van der Waals surface area (Å²) in [5.41, 5.74) is -3.13. The predicted octanol–water partition coefficient (Wildman–Crippen LogP) is 1.30. The zero-order chi connectivity index (χ0) is 19.8. The third-order valence-corrected chi connectivity index (χ3v) is 4.48. The van der Waals surface area contributed by atoms with Crippen LogP contribution in [0.3, 0.4) is 0 Å². The van der Waals surface area contributed by atoms with Gasteiger partial charge in [-0.1, -0.05) is 18.2 Å². The van der Waals surface area contributed by atoms with Crippen LogP contribution in [0.5, 0.6) is 5.75 Å². The maximum absolute atomic E-state index is 14.0. The molecule has 0 aromatic heterocycles. The molecule has 1 aliphatic rings. The lowest BCUT2D eigenvalue weighted by molar-refractivity contribution is -0.386. The van der Waals surface area contributed by atoms with E-state index in [1.54, 1.807) is 6.07 Å². The zero-order valence-corrected chi connectivity index (χ0v) is 14.0. The number of carboxylic acids is 1. The molecule has 0 aliphatic carbocycles. The highest BCUT2D eigenvalue weighted by molar-refractivity contribution is 5.85. The number of halogens is 1. The number of ether oxygens (including phenoxy) is 2. The Hall–Kier alpha value is -3.49. The van der Waals surface area contributed by atoms with Gasteiger partial charge in [0.25, 0.3) is 5.69 Å². The van der Waals surface area contributed by atoms with E-state index in [4.69, 9.17) is 9.47 Å². The molecule has 1 aliphatic heterocycles. The van der Waals surface area contributed by atoms with E-state index in [0.717, 1.165) is 18.2 Å². The molecule has 0 N–H and O–H groups in total. The lowest BCUT2D eigenvalue weighted by atomic mass is 9.75. The van der Waals surface area contributed by atoms with Gasteiger partial charge in [0.05, 0.1) is 29.9 Å². The van der Waals surface area contributed by atoms with Crippen molar-refractivity contribution in [2.24, 2.45) is 5.92 Å². The monoisotopic (exact) mass is 374 g/mol. The number of nitro groups is 1. The number of para-hydroxylation sites is 1. The van der Waals surface area contributed by atoms with Gasteiger partial charge in [0.15, 0.2) is 5.60 Å². The molecule has 27 heavy (non-hydrogen) atoms. The van der Waals surface area contributed by atoms with Gasteiger partial charge >= 0.3 is 5.97 Å². The normalized spacial score (nSPS) is 21.6. The molecule has 9 heteroatoms. The Morgan fingerprint density at radius 3 is 2.63 bits per heavy atom. The number of carbonyl (C=O) groups is 2. The first-order chi connectivity index (χ1) is 12.8. The minimum absolute atomic E-state index is 0.0428. The molecular weight excluding hydrogens is 361 g/mol. The number of nitro benzene ring substituents is 1. The number of nitrogens with zero attached hydrogens (tertiary/aromatic N) is 1. The number of carbonyl (C=O) groups excluding carboxylic acids is 2. The Labute approximate surface area is 152 Å². The van der Waals surface area contributed by atoms with Crippen LogP contribution in [0.2, 0.25) is 0 Å².